The molecule has 0 unspecified atom stereocenters. The molecule has 0 spiro atoms. The van der Waals surface area contributed by atoms with Crippen molar-refractivity contribution in [3.63, 3.8) is 0 Å². The second-order valence-corrected chi connectivity index (χ2v) is 9.74. The number of ether oxygens (including phenoxy) is 1. The van der Waals surface area contributed by atoms with Gasteiger partial charge in [-0.3, -0.25) is 9.58 Å². The minimum absolute atomic E-state index is 0.0471. The zero-order valence-electron chi connectivity index (χ0n) is 20.0. The predicted octanol–water partition coefficient (Wildman–Crippen LogP) is 4.75. The van der Waals surface area contributed by atoms with E-state index in [9.17, 15) is 31.1 Å². The maximum absolute atomic E-state index is 13.1. The van der Waals surface area contributed by atoms with E-state index in [-0.39, 0.29) is 18.2 Å². The van der Waals surface area contributed by atoms with Gasteiger partial charge in [-0.05, 0) is 49.6 Å². The number of aromatic nitrogens is 2. The molecule has 5 rings (SSSR count). The Labute approximate surface area is 209 Å². The fourth-order valence-electron chi connectivity index (χ4n) is 5.30. The fourth-order valence-corrected chi connectivity index (χ4v) is 5.30. The normalized spacial score (nSPS) is 21.0. The van der Waals surface area contributed by atoms with E-state index in [1.54, 1.807) is 0 Å². The number of fused-ring (bicyclic) bond motifs is 2. The SMILES string of the molecule is O=C(OCc1cc(C(F)(F)F)cc(C(F)(F)F)c1)N1CCCn2nc(N3CCN4CCC[C@@H]4C3)cc2C1. The third-order valence-corrected chi connectivity index (χ3v) is 7.18. The van der Waals surface area contributed by atoms with Crippen molar-refractivity contribution in [1.29, 1.82) is 0 Å². The molecular weight excluding hydrogens is 504 g/mol. The van der Waals surface area contributed by atoms with Crippen LogP contribution in [0.4, 0.5) is 37.0 Å². The van der Waals surface area contributed by atoms with E-state index in [1.807, 2.05) is 10.7 Å². The molecule has 0 N–H and O–H groups in total. The Hall–Kier alpha value is -2.96. The zero-order valence-corrected chi connectivity index (χ0v) is 20.0. The summed E-state index contributed by atoms with van der Waals surface area (Å²) in [6.45, 7) is 4.28. The number of carbonyl (C=O) groups is 1. The van der Waals surface area contributed by atoms with E-state index in [0.29, 0.717) is 37.7 Å². The summed E-state index contributed by atoms with van der Waals surface area (Å²) < 4.78 is 85.7. The van der Waals surface area contributed by atoms with Crippen molar-refractivity contribution in [2.45, 2.75) is 57.4 Å². The number of piperazine rings is 1. The number of rotatable bonds is 3. The molecule has 0 aliphatic carbocycles. The van der Waals surface area contributed by atoms with E-state index in [2.05, 4.69) is 9.80 Å². The number of amides is 1. The van der Waals surface area contributed by atoms with Crippen LogP contribution in [0.1, 0.15) is 41.6 Å². The molecule has 1 aromatic carbocycles. The molecule has 1 amide bonds. The lowest BCUT2D eigenvalue weighted by Crippen LogP contribution is -2.50. The Kier molecular flexibility index (Phi) is 6.75. The van der Waals surface area contributed by atoms with Gasteiger partial charge in [-0.25, -0.2) is 4.79 Å². The van der Waals surface area contributed by atoms with Crippen LogP contribution in [-0.4, -0.2) is 64.4 Å². The number of nitrogens with zero attached hydrogens (tertiary/aromatic N) is 5. The summed E-state index contributed by atoms with van der Waals surface area (Å²) in [7, 11) is 0. The molecule has 7 nitrogen and oxygen atoms in total. The highest BCUT2D eigenvalue weighted by atomic mass is 19.4. The molecule has 4 heterocycles. The van der Waals surface area contributed by atoms with Crippen LogP contribution < -0.4 is 4.90 Å². The van der Waals surface area contributed by atoms with Gasteiger partial charge in [0, 0.05) is 44.8 Å². The van der Waals surface area contributed by atoms with E-state index in [1.165, 1.54) is 17.7 Å². The third-order valence-electron chi connectivity index (χ3n) is 7.18. The maximum Gasteiger partial charge on any atom is 0.416 e. The van der Waals surface area contributed by atoms with Crippen LogP contribution >= 0.6 is 0 Å². The quantitative estimate of drug-likeness (QED) is 0.536. The van der Waals surface area contributed by atoms with Crippen LogP contribution in [-0.2, 0) is 36.8 Å². The Balaban J connectivity index is 1.25. The molecule has 0 radical (unpaired) electrons. The van der Waals surface area contributed by atoms with E-state index in [0.717, 1.165) is 37.7 Å². The van der Waals surface area contributed by atoms with E-state index >= 15 is 0 Å². The third kappa shape index (κ3) is 5.65. The molecule has 0 saturated carbocycles. The fraction of sp³-hybridized carbons (Fsp3) is 0.583. The van der Waals surface area contributed by atoms with Crippen molar-refractivity contribution in [2.24, 2.45) is 0 Å². The number of carbonyl (C=O) groups excluding carboxylic acids is 1. The van der Waals surface area contributed by atoms with Crippen LogP contribution in [0.3, 0.4) is 0 Å². The van der Waals surface area contributed by atoms with Gasteiger partial charge in [-0.15, -0.1) is 0 Å². The average Bonchev–Trinajstić information content (AvgIpc) is 3.42. The molecule has 202 valence electrons. The Bertz CT molecular complexity index is 1120. The van der Waals surface area contributed by atoms with Crippen molar-refractivity contribution in [1.82, 2.24) is 19.6 Å². The van der Waals surface area contributed by atoms with Gasteiger partial charge in [0.15, 0.2) is 5.82 Å². The first kappa shape index (κ1) is 25.7. The number of benzene rings is 1. The summed E-state index contributed by atoms with van der Waals surface area (Å²) in [5.41, 5.74) is -2.48. The highest BCUT2D eigenvalue weighted by Gasteiger charge is 2.37. The van der Waals surface area contributed by atoms with Crippen molar-refractivity contribution >= 4 is 11.9 Å². The summed E-state index contributed by atoms with van der Waals surface area (Å²) in [5.74, 6) is 0.848. The van der Waals surface area contributed by atoms with Gasteiger partial charge in [0.1, 0.15) is 6.61 Å². The number of alkyl halides is 6. The van der Waals surface area contributed by atoms with Gasteiger partial charge in [0.05, 0.1) is 23.4 Å². The van der Waals surface area contributed by atoms with Gasteiger partial charge >= 0.3 is 18.4 Å². The predicted molar refractivity (Wildman–Crippen MR) is 121 cm³/mol. The first-order valence-corrected chi connectivity index (χ1v) is 12.2. The molecule has 1 atom stereocenters. The van der Waals surface area contributed by atoms with Crippen molar-refractivity contribution in [2.75, 3.05) is 37.6 Å². The first-order chi connectivity index (χ1) is 17.5. The summed E-state index contributed by atoms with van der Waals surface area (Å²) in [4.78, 5) is 18.9. The Morgan fingerprint density at radius 3 is 2.35 bits per heavy atom. The molecule has 3 aliphatic rings. The molecule has 0 bridgehead atoms. The largest absolute Gasteiger partial charge is 0.445 e. The lowest BCUT2D eigenvalue weighted by Gasteiger charge is -2.37. The minimum Gasteiger partial charge on any atom is -0.445 e. The topological polar surface area (TPSA) is 53.8 Å². The minimum atomic E-state index is -4.97. The van der Waals surface area contributed by atoms with Crippen molar-refractivity contribution < 1.29 is 35.9 Å². The summed E-state index contributed by atoms with van der Waals surface area (Å²) in [6, 6.07) is 3.65. The maximum atomic E-state index is 13.1. The Morgan fingerprint density at radius 2 is 1.65 bits per heavy atom. The number of anilines is 1. The molecule has 2 fully saturated rings. The van der Waals surface area contributed by atoms with Crippen LogP contribution in [0.5, 0.6) is 0 Å². The second kappa shape index (κ2) is 9.73. The molecule has 37 heavy (non-hydrogen) atoms. The number of hydrogen-bond acceptors (Lipinski definition) is 5. The van der Waals surface area contributed by atoms with Crippen LogP contribution in [0.2, 0.25) is 0 Å². The van der Waals surface area contributed by atoms with Crippen molar-refractivity contribution in [3.8, 4) is 0 Å². The molecule has 3 aliphatic heterocycles. The smallest absolute Gasteiger partial charge is 0.416 e. The van der Waals surface area contributed by atoms with Gasteiger partial charge in [0.2, 0.25) is 0 Å². The standard InChI is InChI=1S/C24H27F6N5O2/c25-23(26,27)17-9-16(10-18(11-17)24(28,29)30)15-37-22(36)34-5-2-6-35-20(14-34)12-21(31-35)33-8-7-32-4-1-3-19(32)13-33/h9-12,19H,1-8,13-15H2/t19-/m1/s1. The Morgan fingerprint density at radius 1 is 0.919 bits per heavy atom. The lowest BCUT2D eigenvalue weighted by atomic mass is 10.1. The van der Waals surface area contributed by atoms with Crippen LogP contribution in [0.15, 0.2) is 24.3 Å². The first-order valence-electron chi connectivity index (χ1n) is 12.2. The highest BCUT2D eigenvalue weighted by Crippen LogP contribution is 2.36. The molecule has 2 aromatic rings. The summed E-state index contributed by atoms with van der Waals surface area (Å²) in [6.07, 6.45) is -7.78. The van der Waals surface area contributed by atoms with E-state index in [4.69, 9.17) is 9.84 Å². The van der Waals surface area contributed by atoms with E-state index < -0.39 is 36.2 Å². The summed E-state index contributed by atoms with van der Waals surface area (Å²) in [5, 5.41) is 4.73. The summed E-state index contributed by atoms with van der Waals surface area (Å²) >= 11 is 0. The average molecular weight is 532 g/mol. The van der Waals surface area contributed by atoms with Crippen LogP contribution in [0.25, 0.3) is 0 Å². The van der Waals surface area contributed by atoms with Gasteiger partial charge in [-0.2, -0.15) is 31.4 Å². The monoisotopic (exact) mass is 531 g/mol. The molecular formula is C24H27F6N5O2. The van der Waals surface area contributed by atoms with Gasteiger partial charge in [0.25, 0.3) is 0 Å². The number of hydrogen-bond donors (Lipinski definition) is 0. The molecule has 2 saturated heterocycles. The van der Waals surface area contributed by atoms with Crippen LogP contribution in [0, 0.1) is 0 Å². The van der Waals surface area contributed by atoms with Gasteiger partial charge in [-0.1, -0.05) is 0 Å². The lowest BCUT2D eigenvalue weighted by molar-refractivity contribution is -0.143. The number of halogens is 6. The molecule has 13 heteroatoms. The number of aryl methyl sites for hydroxylation is 1. The highest BCUT2D eigenvalue weighted by molar-refractivity contribution is 5.67. The zero-order chi connectivity index (χ0) is 26.4. The van der Waals surface area contributed by atoms with Gasteiger partial charge < -0.3 is 14.5 Å². The second-order valence-electron chi connectivity index (χ2n) is 9.74. The molecule has 1 aromatic heterocycles. The van der Waals surface area contributed by atoms with Crippen molar-refractivity contribution in [3.05, 3.63) is 46.6 Å².